The Morgan fingerprint density at radius 3 is 1.96 bits per heavy atom. The van der Waals surface area contributed by atoms with E-state index in [-0.39, 0.29) is 17.8 Å². The first-order valence-electron chi connectivity index (χ1n) is 9.03. The molecule has 27 heavy (non-hydrogen) atoms. The maximum atomic E-state index is 13.1. The molecule has 1 amide bonds. The van der Waals surface area contributed by atoms with Gasteiger partial charge in [0.2, 0.25) is 0 Å². The first kappa shape index (κ1) is 21.0. The fraction of sp³-hybridized carbons (Fsp3) is 0.600. The SMILES string of the molecule is CC(C)(C)OC(=O)ON(C(=O)OC(C)(C)C)C1CC(c2ccc(F)cc2)C1. The Morgan fingerprint density at radius 1 is 0.963 bits per heavy atom. The van der Waals surface area contributed by atoms with Gasteiger partial charge in [-0.2, -0.15) is 0 Å². The number of nitrogens with zero attached hydrogens (tertiary/aromatic N) is 1. The number of hydrogen-bond donors (Lipinski definition) is 0. The Hall–Kier alpha value is -2.31. The van der Waals surface area contributed by atoms with Crippen molar-refractivity contribution in [2.45, 2.75) is 77.5 Å². The van der Waals surface area contributed by atoms with Crippen molar-refractivity contribution in [2.75, 3.05) is 0 Å². The Kier molecular flexibility index (Phi) is 6.02. The lowest BCUT2D eigenvalue weighted by atomic mass is 9.76. The lowest BCUT2D eigenvalue weighted by Gasteiger charge is -2.41. The number of benzene rings is 1. The van der Waals surface area contributed by atoms with E-state index in [1.807, 2.05) is 0 Å². The molecule has 0 heterocycles. The predicted octanol–water partition coefficient (Wildman–Crippen LogP) is 5.18. The molecule has 7 heteroatoms. The number of ether oxygens (including phenoxy) is 2. The van der Waals surface area contributed by atoms with E-state index < -0.39 is 23.5 Å². The predicted molar refractivity (Wildman–Crippen MR) is 97.6 cm³/mol. The highest BCUT2D eigenvalue weighted by atomic mass is 19.1. The van der Waals surface area contributed by atoms with Crippen molar-refractivity contribution in [3.63, 3.8) is 0 Å². The molecule has 1 aliphatic rings. The lowest BCUT2D eigenvalue weighted by Crippen LogP contribution is -2.50. The third-order valence-electron chi connectivity index (χ3n) is 3.92. The van der Waals surface area contributed by atoms with E-state index in [1.165, 1.54) is 12.1 Å². The molecule has 0 spiro atoms. The van der Waals surface area contributed by atoms with E-state index in [2.05, 4.69) is 0 Å². The van der Waals surface area contributed by atoms with Gasteiger partial charge in [0.25, 0.3) is 0 Å². The quantitative estimate of drug-likeness (QED) is 0.522. The molecule has 0 radical (unpaired) electrons. The summed E-state index contributed by atoms with van der Waals surface area (Å²) in [5, 5.41) is 0.958. The topological polar surface area (TPSA) is 65.1 Å². The van der Waals surface area contributed by atoms with Crippen molar-refractivity contribution >= 4 is 12.2 Å². The summed E-state index contributed by atoms with van der Waals surface area (Å²) in [7, 11) is 0. The van der Waals surface area contributed by atoms with Gasteiger partial charge in [-0.25, -0.2) is 14.0 Å². The average molecular weight is 381 g/mol. The highest BCUT2D eigenvalue weighted by molar-refractivity contribution is 5.70. The number of carbonyl (C=O) groups excluding carboxylic acids is 2. The van der Waals surface area contributed by atoms with Crippen LogP contribution >= 0.6 is 0 Å². The number of hydroxylamine groups is 2. The minimum Gasteiger partial charge on any atom is -0.442 e. The zero-order chi connectivity index (χ0) is 20.4. The fourth-order valence-corrected chi connectivity index (χ4v) is 2.70. The first-order chi connectivity index (χ1) is 12.3. The van der Waals surface area contributed by atoms with E-state index in [0.29, 0.717) is 12.8 Å². The van der Waals surface area contributed by atoms with Crippen molar-refractivity contribution in [1.29, 1.82) is 0 Å². The molecular weight excluding hydrogens is 353 g/mol. The number of halogens is 1. The Morgan fingerprint density at radius 2 is 1.48 bits per heavy atom. The maximum Gasteiger partial charge on any atom is 0.534 e. The standard InChI is InChI=1S/C20H28FNO5/c1-19(2,3)25-17(23)22(27-18(24)26-20(4,5)6)16-11-14(12-16)13-7-9-15(21)10-8-13/h7-10,14,16H,11-12H2,1-6H3. The van der Waals surface area contributed by atoms with Crippen molar-refractivity contribution in [3.8, 4) is 0 Å². The molecular formula is C20H28FNO5. The second-order valence-electron chi connectivity index (χ2n) is 8.74. The van der Waals surface area contributed by atoms with Gasteiger partial charge in [-0.15, -0.1) is 5.06 Å². The van der Waals surface area contributed by atoms with Gasteiger partial charge in [-0.05, 0) is 78.0 Å². The number of carbonyl (C=O) groups is 2. The average Bonchev–Trinajstić information content (AvgIpc) is 2.42. The van der Waals surface area contributed by atoms with Crippen LogP contribution in [0.2, 0.25) is 0 Å². The van der Waals surface area contributed by atoms with Crippen molar-refractivity contribution in [2.24, 2.45) is 0 Å². The summed E-state index contributed by atoms with van der Waals surface area (Å²) in [6.45, 7) is 10.3. The molecule has 1 fully saturated rings. The molecule has 0 aliphatic heterocycles. The summed E-state index contributed by atoms with van der Waals surface area (Å²) < 4.78 is 23.6. The molecule has 1 aromatic rings. The van der Waals surface area contributed by atoms with Gasteiger partial charge < -0.3 is 9.47 Å². The van der Waals surface area contributed by atoms with Gasteiger partial charge in [0.15, 0.2) is 0 Å². The van der Waals surface area contributed by atoms with Crippen LogP contribution in [-0.2, 0) is 14.3 Å². The fourth-order valence-electron chi connectivity index (χ4n) is 2.70. The summed E-state index contributed by atoms with van der Waals surface area (Å²) in [5.41, 5.74) is -0.492. The van der Waals surface area contributed by atoms with Gasteiger partial charge in [-0.1, -0.05) is 12.1 Å². The lowest BCUT2D eigenvalue weighted by molar-refractivity contribution is -0.169. The van der Waals surface area contributed by atoms with Gasteiger partial charge in [0.05, 0.1) is 6.04 Å². The van der Waals surface area contributed by atoms with E-state index in [0.717, 1.165) is 10.6 Å². The largest absolute Gasteiger partial charge is 0.534 e. The van der Waals surface area contributed by atoms with Crippen molar-refractivity contribution in [1.82, 2.24) is 5.06 Å². The van der Waals surface area contributed by atoms with Gasteiger partial charge in [-0.3, -0.25) is 4.84 Å². The van der Waals surface area contributed by atoms with Gasteiger partial charge in [0.1, 0.15) is 17.0 Å². The maximum absolute atomic E-state index is 13.1. The normalized spacial score (nSPS) is 19.7. The highest BCUT2D eigenvalue weighted by Gasteiger charge is 2.42. The van der Waals surface area contributed by atoms with Crippen LogP contribution in [0.25, 0.3) is 0 Å². The van der Waals surface area contributed by atoms with Crippen LogP contribution in [0.1, 0.15) is 65.9 Å². The Balaban J connectivity index is 2.05. The molecule has 0 bridgehead atoms. The summed E-state index contributed by atoms with van der Waals surface area (Å²) in [6, 6.07) is 5.94. The molecule has 0 atom stereocenters. The molecule has 0 aromatic heterocycles. The zero-order valence-electron chi connectivity index (χ0n) is 16.7. The van der Waals surface area contributed by atoms with Crippen LogP contribution < -0.4 is 0 Å². The molecule has 1 aromatic carbocycles. The van der Waals surface area contributed by atoms with E-state index in [9.17, 15) is 14.0 Å². The van der Waals surface area contributed by atoms with Gasteiger partial charge >= 0.3 is 12.2 Å². The molecule has 150 valence electrons. The monoisotopic (exact) mass is 381 g/mol. The molecule has 6 nitrogen and oxygen atoms in total. The first-order valence-corrected chi connectivity index (χ1v) is 9.03. The smallest absolute Gasteiger partial charge is 0.442 e. The minimum absolute atomic E-state index is 0.155. The van der Waals surface area contributed by atoms with Crippen molar-refractivity contribution < 1.29 is 28.3 Å². The third kappa shape index (κ3) is 6.41. The Bertz CT molecular complexity index is 669. The minimum atomic E-state index is -0.960. The number of hydrogen-bond acceptors (Lipinski definition) is 5. The Labute approximate surface area is 159 Å². The zero-order valence-corrected chi connectivity index (χ0v) is 16.7. The second-order valence-corrected chi connectivity index (χ2v) is 8.74. The summed E-state index contributed by atoms with van der Waals surface area (Å²) >= 11 is 0. The van der Waals surface area contributed by atoms with Crippen LogP contribution in [0.3, 0.4) is 0 Å². The van der Waals surface area contributed by atoms with Crippen molar-refractivity contribution in [3.05, 3.63) is 35.6 Å². The van der Waals surface area contributed by atoms with Gasteiger partial charge in [0, 0.05) is 0 Å². The highest BCUT2D eigenvalue weighted by Crippen LogP contribution is 2.40. The van der Waals surface area contributed by atoms with Crippen LogP contribution in [0.5, 0.6) is 0 Å². The van der Waals surface area contributed by atoms with Crippen LogP contribution in [0.15, 0.2) is 24.3 Å². The van der Waals surface area contributed by atoms with E-state index in [1.54, 1.807) is 53.7 Å². The van der Waals surface area contributed by atoms with Crippen LogP contribution in [0.4, 0.5) is 14.0 Å². The summed E-state index contributed by atoms with van der Waals surface area (Å²) in [6.07, 6.45) is -0.545. The summed E-state index contributed by atoms with van der Waals surface area (Å²) in [5.74, 6) is -0.138. The van der Waals surface area contributed by atoms with E-state index in [4.69, 9.17) is 14.3 Å². The summed E-state index contributed by atoms with van der Waals surface area (Å²) in [4.78, 5) is 29.7. The molecule has 0 N–H and O–H groups in total. The molecule has 1 aliphatic carbocycles. The van der Waals surface area contributed by atoms with Crippen LogP contribution in [-0.4, -0.2) is 34.6 Å². The molecule has 0 saturated heterocycles. The van der Waals surface area contributed by atoms with Crippen LogP contribution in [0, 0.1) is 5.82 Å². The van der Waals surface area contributed by atoms with E-state index >= 15 is 0 Å². The number of amides is 1. The second kappa shape index (κ2) is 7.74. The molecule has 0 unspecified atom stereocenters. The number of rotatable bonds is 2. The molecule has 2 rings (SSSR count). The molecule has 1 saturated carbocycles. The third-order valence-corrected chi connectivity index (χ3v) is 3.92.